The van der Waals surface area contributed by atoms with Crippen molar-refractivity contribution in [2.75, 3.05) is 26.7 Å². The van der Waals surface area contributed by atoms with E-state index in [1.54, 1.807) is 0 Å². The molecule has 1 aliphatic heterocycles. The first-order chi connectivity index (χ1) is 12.2. The molecule has 1 aromatic rings. The number of rotatable bonds is 9. The maximum Gasteiger partial charge on any atom is 0.0446 e. The smallest absolute Gasteiger partial charge is 0.0446 e. The molecule has 0 saturated carbocycles. The van der Waals surface area contributed by atoms with E-state index in [9.17, 15) is 0 Å². The highest BCUT2D eigenvalue weighted by atomic mass is 35.5. The molecule has 0 radical (unpaired) electrons. The van der Waals surface area contributed by atoms with E-state index in [0.29, 0.717) is 6.04 Å². The minimum absolute atomic E-state index is 0.348. The lowest BCUT2D eigenvalue weighted by atomic mass is 9.91. The first kappa shape index (κ1) is 20.0. The summed E-state index contributed by atoms with van der Waals surface area (Å²) >= 11 is 6.02. The van der Waals surface area contributed by atoms with E-state index >= 15 is 0 Å². The van der Waals surface area contributed by atoms with Crippen LogP contribution < -0.4 is 5.32 Å². The summed E-state index contributed by atoms with van der Waals surface area (Å²) in [4.78, 5) is 2.61. The van der Waals surface area contributed by atoms with E-state index in [2.05, 4.69) is 41.6 Å². The van der Waals surface area contributed by atoms with Crippen LogP contribution in [-0.4, -0.2) is 31.6 Å². The highest BCUT2D eigenvalue weighted by Gasteiger charge is 2.22. The summed E-state index contributed by atoms with van der Waals surface area (Å²) in [6.07, 6.45) is 10.8. The first-order valence-corrected chi connectivity index (χ1v) is 9.63. The van der Waals surface area contributed by atoms with Gasteiger partial charge in [-0.15, -0.1) is 0 Å². The molecule has 1 N–H and O–H groups in total. The number of hydrogen-bond donors (Lipinski definition) is 1. The summed E-state index contributed by atoms with van der Waals surface area (Å²) in [6, 6.07) is 8.55. The van der Waals surface area contributed by atoms with Gasteiger partial charge in [0.25, 0.3) is 0 Å². The zero-order valence-electron chi connectivity index (χ0n) is 15.4. The largest absolute Gasteiger partial charge is 0.312 e. The fraction of sp³-hybridized carbons (Fsp3) is 0.455. The third-order valence-electron chi connectivity index (χ3n) is 5.10. The molecule has 1 fully saturated rings. The second kappa shape index (κ2) is 10.6. The van der Waals surface area contributed by atoms with Crippen molar-refractivity contribution in [1.82, 2.24) is 10.2 Å². The Bertz CT molecular complexity index is 576. The second-order valence-corrected chi connectivity index (χ2v) is 7.32. The molecule has 0 amide bonds. The number of halogens is 1. The van der Waals surface area contributed by atoms with Gasteiger partial charge in [0, 0.05) is 24.2 Å². The maximum atomic E-state index is 6.02. The van der Waals surface area contributed by atoms with E-state index in [1.165, 1.54) is 43.5 Å². The van der Waals surface area contributed by atoms with Gasteiger partial charge in [-0.1, -0.05) is 55.1 Å². The van der Waals surface area contributed by atoms with Crippen LogP contribution in [0.3, 0.4) is 0 Å². The molecule has 0 spiro atoms. The average molecular weight is 359 g/mol. The highest BCUT2D eigenvalue weighted by molar-refractivity contribution is 6.30. The monoisotopic (exact) mass is 358 g/mol. The molecular weight excluding hydrogens is 328 g/mol. The van der Waals surface area contributed by atoms with E-state index in [4.69, 9.17) is 11.6 Å². The molecule has 1 heterocycles. The fourth-order valence-corrected chi connectivity index (χ4v) is 3.77. The summed E-state index contributed by atoms with van der Waals surface area (Å²) in [7, 11) is 2.04. The summed E-state index contributed by atoms with van der Waals surface area (Å²) < 4.78 is 0. The second-order valence-electron chi connectivity index (χ2n) is 6.88. The lowest BCUT2D eigenvalue weighted by Gasteiger charge is -2.35. The maximum absolute atomic E-state index is 6.02. The van der Waals surface area contributed by atoms with Gasteiger partial charge in [0.1, 0.15) is 0 Å². The minimum Gasteiger partial charge on any atom is -0.312 e. The number of nitrogens with one attached hydrogen (secondary N) is 1. The molecule has 2 rings (SSSR count). The zero-order valence-corrected chi connectivity index (χ0v) is 16.1. The topological polar surface area (TPSA) is 15.3 Å². The molecule has 1 saturated heterocycles. The molecule has 1 aromatic carbocycles. The third-order valence-corrected chi connectivity index (χ3v) is 5.35. The van der Waals surface area contributed by atoms with Gasteiger partial charge < -0.3 is 10.2 Å². The van der Waals surface area contributed by atoms with Crippen LogP contribution in [0, 0.1) is 5.92 Å². The Balaban J connectivity index is 1.89. The quantitative estimate of drug-likeness (QED) is 0.595. The first-order valence-electron chi connectivity index (χ1n) is 9.25. The predicted octanol–water partition coefficient (Wildman–Crippen LogP) is 5.39. The van der Waals surface area contributed by atoms with Gasteiger partial charge in [-0.2, -0.15) is 0 Å². The zero-order chi connectivity index (χ0) is 18.1. The van der Waals surface area contributed by atoms with Crippen LogP contribution in [0.4, 0.5) is 0 Å². The van der Waals surface area contributed by atoms with Crippen molar-refractivity contribution in [1.29, 1.82) is 0 Å². The van der Waals surface area contributed by atoms with Gasteiger partial charge in [0.15, 0.2) is 0 Å². The molecule has 136 valence electrons. The molecule has 2 unspecified atom stereocenters. The summed E-state index contributed by atoms with van der Waals surface area (Å²) in [5.41, 5.74) is 2.60. The predicted molar refractivity (Wildman–Crippen MR) is 110 cm³/mol. The van der Waals surface area contributed by atoms with Gasteiger partial charge in [-0.05, 0) is 68.5 Å². The van der Waals surface area contributed by atoms with Crippen molar-refractivity contribution in [3.05, 3.63) is 71.8 Å². The number of allylic oxidation sites excluding steroid dienone is 4. The Morgan fingerprint density at radius 2 is 2.12 bits per heavy atom. The lowest BCUT2D eigenvalue weighted by molar-refractivity contribution is 0.155. The van der Waals surface area contributed by atoms with Crippen molar-refractivity contribution in [2.45, 2.75) is 31.7 Å². The number of piperidine rings is 1. The van der Waals surface area contributed by atoms with Crippen molar-refractivity contribution in [3.8, 4) is 0 Å². The lowest BCUT2D eigenvalue weighted by Crippen LogP contribution is -2.40. The molecule has 3 heteroatoms. The number of likely N-dealkylation sites (N-methyl/N-ethyl adjacent to an activating group) is 1. The molecule has 1 aliphatic rings. The Kier molecular flexibility index (Phi) is 8.47. The van der Waals surface area contributed by atoms with Crippen LogP contribution in [0.15, 0.2) is 61.2 Å². The Morgan fingerprint density at radius 3 is 2.76 bits per heavy atom. The number of nitrogens with zero attached hydrogens (tertiary/aromatic N) is 1. The van der Waals surface area contributed by atoms with Crippen LogP contribution in [0.2, 0.25) is 5.02 Å². The van der Waals surface area contributed by atoms with Crippen LogP contribution in [0.25, 0.3) is 0 Å². The number of benzene rings is 1. The van der Waals surface area contributed by atoms with Crippen molar-refractivity contribution >= 4 is 11.6 Å². The average Bonchev–Trinajstić information content (AvgIpc) is 2.64. The molecular formula is C22H31ClN2. The summed E-state index contributed by atoms with van der Waals surface area (Å²) in [6.45, 7) is 11.1. The van der Waals surface area contributed by atoms with E-state index < -0.39 is 0 Å². The molecule has 0 aliphatic carbocycles. The third kappa shape index (κ3) is 6.47. The number of hydrogen-bond acceptors (Lipinski definition) is 2. The minimum atomic E-state index is 0.348. The Labute approximate surface area is 158 Å². The van der Waals surface area contributed by atoms with Crippen molar-refractivity contribution in [3.63, 3.8) is 0 Å². The van der Waals surface area contributed by atoms with Gasteiger partial charge >= 0.3 is 0 Å². The number of likely N-dealkylation sites (tertiary alicyclic amines) is 1. The molecule has 0 bridgehead atoms. The SMILES string of the molecule is C=C/C=C(\C=C)CCC1CCCN(CC(NC)c2ccc(Cl)cc2)C1. The summed E-state index contributed by atoms with van der Waals surface area (Å²) in [5, 5.41) is 4.25. The van der Waals surface area contributed by atoms with Crippen LogP contribution in [0.5, 0.6) is 0 Å². The molecule has 0 aromatic heterocycles. The van der Waals surface area contributed by atoms with Gasteiger partial charge in [-0.25, -0.2) is 0 Å². The van der Waals surface area contributed by atoms with Gasteiger partial charge in [0.2, 0.25) is 0 Å². The normalized spacial score (nSPS) is 20.2. The van der Waals surface area contributed by atoms with Crippen LogP contribution in [0.1, 0.15) is 37.3 Å². The fourth-order valence-electron chi connectivity index (χ4n) is 3.64. The van der Waals surface area contributed by atoms with Crippen molar-refractivity contribution < 1.29 is 0 Å². The van der Waals surface area contributed by atoms with E-state index in [-0.39, 0.29) is 0 Å². The molecule has 25 heavy (non-hydrogen) atoms. The van der Waals surface area contributed by atoms with Crippen molar-refractivity contribution in [2.24, 2.45) is 5.92 Å². The van der Waals surface area contributed by atoms with E-state index in [0.717, 1.165) is 23.9 Å². The Hall–Kier alpha value is -1.35. The standard InChI is InChI=1S/C22H31ClN2/c1-4-7-18(5-2)9-10-19-8-6-15-25(16-19)17-22(24-3)20-11-13-21(23)14-12-20/h4-5,7,11-14,19,22,24H,1-2,6,8-10,15-17H2,3H3/b18-7+. The van der Waals surface area contributed by atoms with Gasteiger partial charge in [-0.3, -0.25) is 0 Å². The van der Waals surface area contributed by atoms with E-state index in [1.807, 2.05) is 31.3 Å². The molecule has 2 atom stereocenters. The Morgan fingerprint density at radius 1 is 1.36 bits per heavy atom. The molecule has 2 nitrogen and oxygen atoms in total. The summed E-state index contributed by atoms with van der Waals surface area (Å²) in [5.74, 6) is 0.768. The highest BCUT2D eigenvalue weighted by Crippen LogP contribution is 2.25. The van der Waals surface area contributed by atoms with Crippen LogP contribution in [-0.2, 0) is 0 Å². The van der Waals surface area contributed by atoms with Crippen LogP contribution >= 0.6 is 11.6 Å². The van der Waals surface area contributed by atoms with Gasteiger partial charge in [0.05, 0.1) is 0 Å².